The fraction of sp³-hybridized carbons (Fsp3) is 0.467. The second-order valence-electron chi connectivity index (χ2n) is 5.35. The van der Waals surface area contributed by atoms with Crippen molar-refractivity contribution < 1.29 is 9.26 Å². The lowest BCUT2D eigenvalue weighted by molar-refractivity contribution is 0.239. The van der Waals surface area contributed by atoms with E-state index in [9.17, 15) is 0 Å². The summed E-state index contributed by atoms with van der Waals surface area (Å²) in [6, 6.07) is 5.50. The van der Waals surface area contributed by atoms with E-state index in [0.717, 1.165) is 12.1 Å². The van der Waals surface area contributed by atoms with E-state index < -0.39 is 0 Å². The van der Waals surface area contributed by atoms with Crippen molar-refractivity contribution in [2.75, 3.05) is 13.7 Å². The van der Waals surface area contributed by atoms with Gasteiger partial charge in [-0.25, -0.2) is 0 Å². The maximum atomic E-state index is 5.97. The van der Waals surface area contributed by atoms with Gasteiger partial charge >= 0.3 is 0 Å². The minimum Gasteiger partial charge on any atom is -0.496 e. The third kappa shape index (κ3) is 2.89. The molecule has 1 aliphatic rings. The second-order valence-corrected chi connectivity index (χ2v) is 5.79. The van der Waals surface area contributed by atoms with Gasteiger partial charge in [-0.05, 0) is 43.5 Å². The number of hydrogen-bond donors (Lipinski definition) is 1. The zero-order valence-electron chi connectivity index (χ0n) is 12.1. The third-order valence-corrected chi connectivity index (χ3v) is 4.12. The van der Waals surface area contributed by atoms with Gasteiger partial charge in [0.05, 0.1) is 18.7 Å². The molecule has 0 amide bonds. The molecule has 0 radical (unpaired) electrons. The Morgan fingerprint density at radius 1 is 1.43 bits per heavy atom. The highest BCUT2D eigenvalue weighted by Crippen LogP contribution is 2.33. The summed E-state index contributed by atoms with van der Waals surface area (Å²) >= 11 is 5.97. The number of ether oxygens (including phenoxy) is 1. The Bertz CT molecular complexity index is 629. The van der Waals surface area contributed by atoms with Crippen LogP contribution in [0, 0.1) is 5.92 Å². The molecule has 6 heteroatoms. The van der Waals surface area contributed by atoms with Gasteiger partial charge in [-0.2, -0.15) is 4.98 Å². The van der Waals surface area contributed by atoms with Crippen molar-refractivity contribution in [2.24, 2.45) is 5.92 Å². The van der Waals surface area contributed by atoms with Crippen LogP contribution < -0.4 is 10.1 Å². The van der Waals surface area contributed by atoms with Crippen LogP contribution in [-0.4, -0.2) is 23.8 Å². The molecule has 112 valence electrons. The summed E-state index contributed by atoms with van der Waals surface area (Å²) in [5.74, 6) is 2.28. The summed E-state index contributed by atoms with van der Waals surface area (Å²) in [6.45, 7) is 3.18. The van der Waals surface area contributed by atoms with Gasteiger partial charge < -0.3 is 14.6 Å². The van der Waals surface area contributed by atoms with Gasteiger partial charge in [0.2, 0.25) is 11.7 Å². The van der Waals surface area contributed by atoms with Gasteiger partial charge in [-0.1, -0.05) is 23.7 Å². The number of piperidine rings is 1. The monoisotopic (exact) mass is 307 g/mol. The molecule has 3 rings (SSSR count). The molecule has 0 saturated carbocycles. The number of benzene rings is 1. The Hall–Kier alpha value is -1.59. The first-order chi connectivity index (χ1) is 10.2. The molecule has 21 heavy (non-hydrogen) atoms. The summed E-state index contributed by atoms with van der Waals surface area (Å²) in [7, 11) is 1.60. The Labute approximate surface area is 128 Å². The van der Waals surface area contributed by atoms with Crippen LogP contribution in [0.3, 0.4) is 0 Å². The minimum absolute atomic E-state index is 0.123. The molecule has 1 fully saturated rings. The Balaban J connectivity index is 1.91. The molecule has 2 aromatic rings. The topological polar surface area (TPSA) is 60.2 Å². The van der Waals surface area contributed by atoms with Crippen LogP contribution in [0.1, 0.15) is 31.7 Å². The van der Waals surface area contributed by atoms with Crippen molar-refractivity contribution in [3.63, 3.8) is 0 Å². The number of aromatic nitrogens is 2. The summed E-state index contributed by atoms with van der Waals surface area (Å²) < 4.78 is 10.8. The van der Waals surface area contributed by atoms with E-state index in [1.807, 2.05) is 6.07 Å². The first kappa shape index (κ1) is 14.4. The molecular weight excluding hydrogens is 290 g/mol. The number of methoxy groups -OCH3 is 1. The molecule has 0 spiro atoms. The van der Waals surface area contributed by atoms with Gasteiger partial charge in [-0.15, -0.1) is 0 Å². The first-order valence-electron chi connectivity index (χ1n) is 7.10. The van der Waals surface area contributed by atoms with Crippen LogP contribution >= 0.6 is 11.6 Å². The van der Waals surface area contributed by atoms with Crippen LogP contribution in [0.5, 0.6) is 5.75 Å². The number of nitrogens with zero attached hydrogens (tertiary/aromatic N) is 2. The molecule has 2 heterocycles. The zero-order chi connectivity index (χ0) is 14.8. The highest BCUT2D eigenvalue weighted by atomic mass is 35.5. The first-order valence-corrected chi connectivity index (χ1v) is 7.47. The molecule has 1 aromatic carbocycles. The lowest BCUT2D eigenvalue weighted by Gasteiger charge is -2.26. The molecule has 1 aromatic heterocycles. The SMILES string of the molecule is COc1cc(Cl)ccc1-c1noc(C2NCCCC2C)n1. The number of hydrogen-bond acceptors (Lipinski definition) is 5. The summed E-state index contributed by atoms with van der Waals surface area (Å²) in [5, 5.41) is 8.14. The largest absolute Gasteiger partial charge is 0.496 e. The van der Waals surface area contributed by atoms with E-state index in [4.69, 9.17) is 20.9 Å². The van der Waals surface area contributed by atoms with E-state index in [1.54, 1.807) is 19.2 Å². The fourth-order valence-electron chi connectivity index (χ4n) is 2.70. The predicted molar refractivity (Wildman–Crippen MR) is 80.4 cm³/mol. The normalized spacial score (nSPS) is 22.2. The van der Waals surface area contributed by atoms with Crippen LogP contribution in [-0.2, 0) is 0 Å². The Kier molecular flexibility index (Phi) is 4.12. The second kappa shape index (κ2) is 6.03. The molecule has 1 aliphatic heterocycles. The summed E-state index contributed by atoms with van der Waals surface area (Å²) in [5.41, 5.74) is 0.778. The van der Waals surface area contributed by atoms with Crippen LogP contribution in [0.25, 0.3) is 11.4 Å². The highest BCUT2D eigenvalue weighted by Gasteiger charge is 2.28. The third-order valence-electron chi connectivity index (χ3n) is 3.88. The molecule has 2 unspecified atom stereocenters. The standard InChI is InChI=1S/C15H18ClN3O2/c1-9-4-3-7-17-13(9)15-18-14(19-21-15)11-6-5-10(16)8-12(11)20-2/h5-6,8-9,13,17H,3-4,7H2,1-2H3. The molecule has 1 saturated heterocycles. The quantitative estimate of drug-likeness (QED) is 0.941. The van der Waals surface area contributed by atoms with Crippen molar-refractivity contribution >= 4 is 11.6 Å². The maximum absolute atomic E-state index is 5.97. The van der Waals surface area contributed by atoms with E-state index >= 15 is 0 Å². The zero-order valence-corrected chi connectivity index (χ0v) is 12.9. The van der Waals surface area contributed by atoms with Gasteiger partial charge in [0.1, 0.15) is 5.75 Å². The molecule has 5 nitrogen and oxygen atoms in total. The van der Waals surface area contributed by atoms with Crippen LogP contribution in [0.15, 0.2) is 22.7 Å². The number of halogens is 1. The van der Waals surface area contributed by atoms with Crippen molar-refractivity contribution in [3.8, 4) is 17.1 Å². The Morgan fingerprint density at radius 3 is 3.05 bits per heavy atom. The maximum Gasteiger partial charge on any atom is 0.244 e. The Morgan fingerprint density at radius 2 is 2.29 bits per heavy atom. The molecule has 2 atom stereocenters. The van der Waals surface area contributed by atoms with E-state index in [2.05, 4.69) is 22.4 Å². The van der Waals surface area contributed by atoms with Crippen LogP contribution in [0.2, 0.25) is 5.02 Å². The van der Waals surface area contributed by atoms with Gasteiger partial charge in [0.15, 0.2) is 0 Å². The average molecular weight is 308 g/mol. The minimum atomic E-state index is 0.123. The van der Waals surface area contributed by atoms with Gasteiger partial charge in [0, 0.05) is 5.02 Å². The highest BCUT2D eigenvalue weighted by molar-refractivity contribution is 6.30. The van der Waals surface area contributed by atoms with Crippen molar-refractivity contribution in [3.05, 3.63) is 29.1 Å². The van der Waals surface area contributed by atoms with Crippen LogP contribution in [0.4, 0.5) is 0 Å². The fourth-order valence-corrected chi connectivity index (χ4v) is 2.86. The van der Waals surface area contributed by atoms with Crippen molar-refractivity contribution in [1.82, 2.24) is 15.5 Å². The average Bonchev–Trinajstić information content (AvgIpc) is 2.97. The smallest absolute Gasteiger partial charge is 0.244 e. The van der Waals surface area contributed by atoms with Crippen molar-refractivity contribution in [1.29, 1.82) is 0 Å². The summed E-state index contributed by atoms with van der Waals surface area (Å²) in [6.07, 6.45) is 2.35. The predicted octanol–water partition coefficient (Wildman–Crippen LogP) is 3.46. The molecule has 0 bridgehead atoms. The van der Waals surface area contributed by atoms with Crippen molar-refractivity contribution in [2.45, 2.75) is 25.8 Å². The molecule has 0 aliphatic carbocycles. The number of nitrogens with one attached hydrogen (secondary N) is 1. The lowest BCUT2D eigenvalue weighted by Crippen LogP contribution is -2.33. The van der Waals surface area contributed by atoms with E-state index in [0.29, 0.717) is 28.4 Å². The lowest BCUT2D eigenvalue weighted by atomic mass is 9.93. The molecular formula is C15H18ClN3O2. The van der Waals surface area contributed by atoms with E-state index in [-0.39, 0.29) is 6.04 Å². The van der Waals surface area contributed by atoms with Gasteiger partial charge in [0.25, 0.3) is 0 Å². The van der Waals surface area contributed by atoms with E-state index in [1.165, 1.54) is 12.8 Å². The summed E-state index contributed by atoms with van der Waals surface area (Å²) in [4.78, 5) is 4.53. The molecule has 1 N–H and O–H groups in total. The number of rotatable bonds is 3. The van der Waals surface area contributed by atoms with Gasteiger partial charge in [-0.3, -0.25) is 0 Å².